The molecule has 30 heavy (non-hydrogen) atoms. The van der Waals surface area contributed by atoms with Gasteiger partial charge in [-0.15, -0.1) is 0 Å². The van der Waals surface area contributed by atoms with Gasteiger partial charge in [-0.3, -0.25) is 4.79 Å². The first-order valence-corrected chi connectivity index (χ1v) is 11.3. The Balaban J connectivity index is 2.02. The molecular weight excluding hydrogens is 374 g/mol. The highest BCUT2D eigenvalue weighted by atomic mass is 16.6. The molecule has 1 rings (SSSR count). The monoisotopic (exact) mass is 413 g/mol. The van der Waals surface area contributed by atoms with Crippen molar-refractivity contribution in [1.82, 2.24) is 5.32 Å². The van der Waals surface area contributed by atoms with E-state index >= 15 is 0 Å². The second-order valence-corrected chi connectivity index (χ2v) is 7.65. The molecule has 1 saturated heterocycles. The normalized spacial score (nSPS) is 22.4. The van der Waals surface area contributed by atoms with Crippen LogP contribution in [-0.2, 0) is 14.3 Å². The Morgan fingerprint density at radius 2 is 1.37 bits per heavy atom. The molecule has 0 aromatic carbocycles. The van der Waals surface area contributed by atoms with Crippen molar-refractivity contribution in [3.63, 3.8) is 0 Å². The summed E-state index contributed by atoms with van der Waals surface area (Å²) >= 11 is 0. The standard InChI is InChI=1S/C26H39NO3/c1-4-5-6-7-8-9-10-11-12-13-14-15-16-17-18-19-20-21-24(28)27-25-22(2)23(3)30-26(25)29/h5-6,8-9,11-12,14-15,17-18,22-23,25H,4,7,10,13,16,19-21H2,1-3H3,(H,27,28)/b6-5-,9-8-,12-11-,15-14-,18-17+/t22-,23-,25+/m1/s1. The summed E-state index contributed by atoms with van der Waals surface area (Å²) in [6.45, 7) is 5.93. The fourth-order valence-electron chi connectivity index (χ4n) is 3.03. The molecule has 0 saturated carbocycles. The van der Waals surface area contributed by atoms with Crippen LogP contribution in [0.25, 0.3) is 0 Å². The number of rotatable bonds is 14. The number of hydrogen-bond acceptors (Lipinski definition) is 3. The van der Waals surface area contributed by atoms with Gasteiger partial charge in [0.15, 0.2) is 0 Å². The molecule has 1 heterocycles. The average Bonchev–Trinajstić information content (AvgIpc) is 2.96. The number of unbranched alkanes of at least 4 members (excludes halogenated alkanes) is 1. The predicted octanol–water partition coefficient (Wildman–Crippen LogP) is 5.97. The Kier molecular flexibility index (Phi) is 14.1. The third kappa shape index (κ3) is 11.6. The Bertz CT molecular complexity index is 643. The summed E-state index contributed by atoms with van der Waals surface area (Å²) in [7, 11) is 0. The molecule has 3 atom stereocenters. The first kappa shape index (κ1) is 25.7. The molecule has 1 aliphatic rings. The Hall–Kier alpha value is -2.36. The van der Waals surface area contributed by atoms with Gasteiger partial charge in [0.2, 0.25) is 5.91 Å². The number of hydrogen-bond donors (Lipinski definition) is 1. The van der Waals surface area contributed by atoms with Crippen LogP contribution in [0.4, 0.5) is 0 Å². The lowest BCUT2D eigenvalue weighted by Gasteiger charge is -2.14. The second-order valence-electron chi connectivity index (χ2n) is 7.65. The van der Waals surface area contributed by atoms with Crippen LogP contribution in [0.5, 0.6) is 0 Å². The van der Waals surface area contributed by atoms with E-state index in [1.54, 1.807) is 0 Å². The van der Waals surface area contributed by atoms with E-state index in [1.165, 1.54) is 0 Å². The molecule has 0 aliphatic carbocycles. The van der Waals surface area contributed by atoms with Gasteiger partial charge in [-0.1, -0.05) is 74.6 Å². The SMILES string of the molecule is CC/C=C\C/C=C\C/C=C\C/C=C\C/C=C/CCCC(=O)N[C@@H]1C(=O)O[C@H](C)[C@H]1C. The summed E-state index contributed by atoms with van der Waals surface area (Å²) in [6.07, 6.45) is 28.6. The number of carbonyl (C=O) groups excluding carboxylic acids is 2. The van der Waals surface area contributed by atoms with Gasteiger partial charge in [-0.05, 0) is 51.9 Å². The summed E-state index contributed by atoms with van der Waals surface area (Å²) in [6, 6.07) is -0.499. The van der Waals surface area contributed by atoms with E-state index in [2.05, 4.69) is 73.0 Å². The fourth-order valence-corrected chi connectivity index (χ4v) is 3.03. The Morgan fingerprint density at radius 3 is 1.83 bits per heavy atom. The van der Waals surface area contributed by atoms with Gasteiger partial charge < -0.3 is 10.1 Å². The third-order valence-corrected chi connectivity index (χ3v) is 5.07. The third-order valence-electron chi connectivity index (χ3n) is 5.07. The molecule has 0 spiro atoms. The molecule has 0 unspecified atom stereocenters. The quantitative estimate of drug-likeness (QED) is 0.217. The molecule has 1 fully saturated rings. The minimum atomic E-state index is -0.499. The minimum absolute atomic E-state index is 0.0208. The van der Waals surface area contributed by atoms with Crippen molar-refractivity contribution >= 4 is 11.9 Å². The van der Waals surface area contributed by atoms with Crippen LogP contribution in [0.1, 0.15) is 72.1 Å². The predicted molar refractivity (Wildman–Crippen MR) is 125 cm³/mol. The van der Waals surface area contributed by atoms with Crippen LogP contribution in [-0.4, -0.2) is 24.0 Å². The van der Waals surface area contributed by atoms with Crippen LogP contribution in [0.3, 0.4) is 0 Å². The van der Waals surface area contributed by atoms with E-state index in [4.69, 9.17) is 4.74 Å². The molecule has 0 aromatic rings. The lowest BCUT2D eigenvalue weighted by molar-refractivity contribution is -0.143. The van der Waals surface area contributed by atoms with E-state index in [0.717, 1.165) is 44.9 Å². The van der Waals surface area contributed by atoms with Crippen LogP contribution >= 0.6 is 0 Å². The van der Waals surface area contributed by atoms with Crippen LogP contribution < -0.4 is 5.32 Å². The Morgan fingerprint density at radius 1 is 0.867 bits per heavy atom. The van der Waals surface area contributed by atoms with Crippen LogP contribution in [0.2, 0.25) is 0 Å². The molecule has 4 nitrogen and oxygen atoms in total. The van der Waals surface area contributed by atoms with Crippen molar-refractivity contribution < 1.29 is 14.3 Å². The molecular formula is C26H39NO3. The molecule has 0 bridgehead atoms. The first-order chi connectivity index (χ1) is 14.6. The van der Waals surface area contributed by atoms with Gasteiger partial charge in [0, 0.05) is 12.3 Å². The number of cyclic esters (lactones) is 1. The largest absolute Gasteiger partial charge is 0.461 e. The fraction of sp³-hybridized carbons (Fsp3) is 0.538. The lowest BCUT2D eigenvalue weighted by Crippen LogP contribution is -2.41. The van der Waals surface area contributed by atoms with Crippen molar-refractivity contribution in [3.05, 3.63) is 60.8 Å². The van der Waals surface area contributed by atoms with Gasteiger partial charge in [-0.2, -0.15) is 0 Å². The Labute approximate surface area is 182 Å². The van der Waals surface area contributed by atoms with Crippen molar-refractivity contribution in [2.45, 2.75) is 84.3 Å². The number of allylic oxidation sites excluding steroid dienone is 10. The van der Waals surface area contributed by atoms with Crippen LogP contribution in [0, 0.1) is 5.92 Å². The van der Waals surface area contributed by atoms with Gasteiger partial charge >= 0.3 is 5.97 Å². The zero-order valence-electron chi connectivity index (χ0n) is 18.9. The van der Waals surface area contributed by atoms with Gasteiger partial charge in [0.05, 0.1) is 0 Å². The maximum Gasteiger partial charge on any atom is 0.329 e. The van der Waals surface area contributed by atoms with Crippen molar-refractivity contribution in [1.29, 1.82) is 0 Å². The summed E-state index contributed by atoms with van der Waals surface area (Å²) in [5.74, 6) is -0.376. The summed E-state index contributed by atoms with van der Waals surface area (Å²) in [5, 5.41) is 2.80. The minimum Gasteiger partial charge on any atom is -0.461 e. The second kappa shape index (κ2) is 16.4. The average molecular weight is 414 g/mol. The highest BCUT2D eigenvalue weighted by molar-refractivity contribution is 5.86. The van der Waals surface area contributed by atoms with Gasteiger partial charge in [0.1, 0.15) is 12.1 Å². The number of amides is 1. The lowest BCUT2D eigenvalue weighted by atomic mass is 10.00. The van der Waals surface area contributed by atoms with Gasteiger partial charge in [0.25, 0.3) is 0 Å². The van der Waals surface area contributed by atoms with E-state index in [-0.39, 0.29) is 23.9 Å². The molecule has 0 radical (unpaired) electrons. The number of nitrogens with one attached hydrogen (secondary N) is 1. The number of esters is 1. The summed E-state index contributed by atoms with van der Waals surface area (Å²) < 4.78 is 5.14. The van der Waals surface area contributed by atoms with Crippen LogP contribution in [0.15, 0.2) is 60.8 Å². The smallest absolute Gasteiger partial charge is 0.329 e. The summed E-state index contributed by atoms with van der Waals surface area (Å²) in [5.41, 5.74) is 0. The van der Waals surface area contributed by atoms with Gasteiger partial charge in [-0.25, -0.2) is 4.79 Å². The number of ether oxygens (including phenoxy) is 1. The van der Waals surface area contributed by atoms with E-state index < -0.39 is 6.04 Å². The highest BCUT2D eigenvalue weighted by Gasteiger charge is 2.39. The molecule has 166 valence electrons. The maximum atomic E-state index is 12.0. The zero-order valence-corrected chi connectivity index (χ0v) is 18.9. The topological polar surface area (TPSA) is 55.4 Å². The first-order valence-electron chi connectivity index (χ1n) is 11.3. The van der Waals surface area contributed by atoms with Crippen molar-refractivity contribution in [2.24, 2.45) is 5.92 Å². The molecule has 0 aromatic heterocycles. The van der Waals surface area contributed by atoms with E-state index in [1.807, 2.05) is 13.8 Å². The van der Waals surface area contributed by atoms with Crippen molar-refractivity contribution in [2.75, 3.05) is 0 Å². The summed E-state index contributed by atoms with van der Waals surface area (Å²) in [4.78, 5) is 23.7. The van der Waals surface area contributed by atoms with E-state index in [9.17, 15) is 9.59 Å². The zero-order chi connectivity index (χ0) is 22.0. The van der Waals surface area contributed by atoms with E-state index in [0.29, 0.717) is 6.42 Å². The molecule has 4 heteroatoms. The molecule has 1 N–H and O–H groups in total. The molecule has 1 amide bonds. The number of carbonyl (C=O) groups is 2. The van der Waals surface area contributed by atoms with Crippen molar-refractivity contribution in [3.8, 4) is 0 Å². The highest BCUT2D eigenvalue weighted by Crippen LogP contribution is 2.21. The molecule has 1 aliphatic heterocycles. The maximum absolute atomic E-state index is 12.0.